The van der Waals surface area contributed by atoms with Crippen molar-refractivity contribution in [3.05, 3.63) is 59.4 Å². The lowest BCUT2D eigenvalue weighted by Crippen LogP contribution is -2.23. The van der Waals surface area contributed by atoms with Crippen LogP contribution in [0.15, 0.2) is 36.5 Å². The maximum Gasteiger partial charge on any atom is 0.141 e. The van der Waals surface area contributed by atoms with E-state index in [1.165, 1.54) is 25.3 Å². The Kier molecular flexibility index (Phi) is 4.63. The molecule has 20 heavy (non-hydrogen) atoms. The Morgan fingerprint density at radius 3 is 2.55 bits per heavy atom. The maximum atomic E-state index is 13.5. The number of hydrogen-bond donors (Lipinski definition) is 1. The molecule has 0 bridgehead atoms. The van der Waals surface area contributed by atoms with E-state index in [-0.39, 0.29) is 11.9 Å². The number of rotatable bonds is 5. The number of ether oxygens (including phenoxy) is 1. The SMILES string of the molecule is CCNC(c1ccc(F)cn1)c1cc(F)ccc1OC. The van der Waals surface area contributed by atoms with Gasteiger partial charge in [-0.3, -0.25) is 4.98 Å². The minimum Gasteiger partial charge on any atom is -0.496 e. The summed E-state index contributed by atoms with van der Waals surface area (Å²) in [7, 11) is 1.53. The van der Waals surface area contributed by atoms with Gasteiger partial charge >= 0.3 is 0 Å². The molecule has 5 heteroatoms. The summed E-state index contributed by atoms with van der Waals surface area (Å²) in [6, 6.07) is 6.86. The number of halogens is 2. The van der Waals surface area contributed by atoms with Gasteiger partial charge in [-0.25, -0.2) is 8.78 Å². The highest BCUT2D eigenvalue weighted by Gasteiger charge is 2.19. The number of nitrogens with one attached hydrogen (secondary N) is 1. The molecule has 0 aliphatic heterocycles. The van der Waals surface area contributed by atoms with Gasteiger partial charge in [-0.15, -0.1) is 0 Å². The fourth-order valence-electron chi connectivity index (χ4n) is 2.07. The molecule has 1 unspecified atom stereocenters. The number of benzene rings is 1. The number of hydrogen-bond acceptors (Lipinski definition) is 3. The largest absolute Gasteiger partial charge is 0.496 e. The number of aromatic nitrogens is 1. The molecule has 1 atom stereocenters. The molecule has 2 aromatic rings. The van der Waals surface area contributed by atoms with Gasteiger partial charge < -0.3 is 10.1 Å². The summed E-state index contributed by atoms with van der Waals surface area (Å²) in [6.45, 7) is 2.59. The third kappa shape index (κ3) is 3.11. The van der Waals surface area contributed by atoms with Gasteiger partial charge in [0.2, 0.25) is 0 Å². The minimum absolute atomic E-state index is 0.355. The Bertz CT molecular complexity index is 573. The van der Waals surface area contributed by atoms with Gasteiger partial charge in [0.25, 0.3) is 0 Å². The van der Waals surface area contributed by atoms with E-state index in [0.29, 0.717) is 23.6 Å². The first-order valence-electron chi connectivity index (χ1n) is 6.34. The fourth-order valence-corrected chi connectivity index (χ4v) is 2.07. The molecule has 1 heterocycles. The first kappa shape index (κ1) is 14.4. The second-order valence-electron chi connectivity index (χ2n) is 4.28. The quantitative estimate of drug-likeness (QED) is 0.912. The molecular formula is C15H16F2N2O. The normalized spacial score (nSPS) is 12.2. The van der Waals surface area contributed by atoms with E-state index >= 15 is 0 Å². The van der Waals surface area contributed by atoms with Crippen LogP contribution in [0.3, 0.4) is 0 Å². The predicted molar refractivity (Wildman–Crippen MR) is 72.7 cm³/mol. The standard InChI is InChI=1S/C15H16F2N2O/c1-3-18-15(13-6-4-11(17)9-19-13)12-8-10(16)5-7-14(12)20-2/h4-9,15,18H,3H2,1-2H3. The third-order valence-corrected chi connectivity index (χ3v) is 2.96. The van der Waals surface area contributed by atoms with Crippen LogP contribution in [0.1, 0.15) is 24.2 Å². The molecular weight excluding hydrogens is 262 g/mol. The maximum absolute atomic E-state index is 13.5. The topological polar surface area (TPSA) is 34.2 Å². The molecule has 2 rings (SSSR count). The number of methoxy groups -OCH3 is 1. The van der Waals surface area contributed by atoms with Crippen molar-refractivity contribution in [3.63, 3.8) is 0 Å². The molecule has 0 aliphatic rings. The van der Waals surface area contributed by atoms with E-state index in [9.17, 15) is 8.78 Å². The van der Waals surface area contributed by atoms with Gasteiger partial charge in [0.05, 0.1) is 25.0 Å². The Morgan fingerprint density at radius 2 is 1.95 bits per heavy atom. The van der Waals surface area contributed by atoms with Crippen molar-refractivity contribution in [2.45, 2.75) is 13.0 Å². The number of pyridine rings is 1. The molecule has 0 saturated carbocycles. The van der Waals surface area contributed by atoms with Crippen molar-refractivity contribution in [2.75, 3.05) is 13.7 Å². The Morgan fingerprint density at radius 1 is 1.20 bits per heavy atom. The molecule has 0 fully saturated rings. The highest BCUT2D eigenvalue weighted by atomic mass is 19.1. The summed E-state index contributed by atoms with van der Waals surface area (Å²) in [6.07, 6.45) is 1.14. The molecule has 106 valence electrons. The van der Waals surface area contributed by atoms with Crippen LogP contribution in [0.5, 0.6) is 5.75 Å². The number of nitrogens with zero attached hydrogens (tertiary/aromatic N) is 1. The summed E-state index contributed by atoms with van der Waals surface area (Å²) in [5.74, 6) is -0.204. The van der Waals surface area contributed by atoms with Crippen LogP contribution in [0.4, 0.5) is 8.78 Å². The van der Waals surface area contributed by atoms with Gasteiger partial charge in [0.1, 0.15) is 17.4 Å². The summed E-state index contributed by atoms with van der Waals surface area (Å²) >= 11 is 0. The van der Waals surface area contributed by atoms with Gasteiger partial charge in [-0.1, -0.05) is 6.92 Å². The van der Waals surface area contributed by atoms with E-state index in [1.807, 2.05) is 6.92 Å². The summed E-state index contributed by atoms with van der Waals surface area (Å²) in [4.78, 5) is 4.06. The zero-order chi connectivity index (χ0) is 14.5. The highest BCUT2D eigenvalue weighted by molar-refractivity contribution is 5.40. The van der Waals surface area contributed by atoms with E-state index in [2.05, 4.69) is 10.3 Å². The lowest BCUT2D eigenvalue weighted by atomic mass is 10.0. The van der Waals surface area contributed by atoms with Crippen molar-refractivity contribution in [2.24, 2.45) is 0 Å². The van der Waals surface area contributed by atoms with Crippen LogP contribution in [0.25, 0.3) is 0 Å². The lowest BCUT2D eigenvalue weighted by Gasteiger charge is -2.20. The Labute approximate surface area is 116 Å². The van der Waals surface area contributed by atoms with Gasteiger partial charge in [-0.2, -0.15) is 0 Å². The molecule has 0 aliphatic carbocycles. The fraction of sp³-hybridized carbons (Fsp3) is 0.267. The van der Waals surface area contributed by atoms with Crippen molar-refractivity contribution in [1.82, 2.24) is 10.3 Å². The van der Waals surface area contributed by atoms with E-state index in [0.717, 1.165) is 6.20 Å². The van der Waals surface area contributed by atoms with Gasteiger partial charge in [-0.05, 0) is 36.9 Å². The third-order valence-electron chi connectivity index (χ3n) is 2.96. The molecule has 1 aromatic heterocycles. The van der Waals surface area contributed by atoms with E-state index in [4.69, 9.17) is 4.74 Å². The van der Waals surface area contributed by atoms with Crippen LogP contribution in [-0.2, 0) is 0 Å². The Hall–Kier alpha value is -2.01. The van der Waals surface area contributed by atoms with Gasteiger partial charge in [0.15, 0.2) is 0 Å². The molecule has 0 radical (unpaired) electrons. The summed E-state index contributed by atoms with van der Waals surface area (Å²) in [5.41, 5.74) is 1.24. The predicted octanol–water partition coefficient (Wildman–Crippen LogP) is 3.07. The monoisotopic (exact) mass is 278 g/mol. The zero-order valence-electron chi connectivity index (χ0n) is 11.4. The molecule has 0 spiro atoms. The second-order valence-corrected chi connectivity index (χ2v) is 4.28. The minimum atomic E-state index is -0.407. The van der Waals surface area contributed by atoms with Crippen molar-refractivity contribution < 1.29 is 13.5 Å². The van der Waals surface area contributed by atoms with E-state index in [1.54, 1.807) is 12.1 Å². The average molecular weight is 278 g/mol. The van der Waals surface area contributed by atoms with E-state index < -0.39 is 5.82 Å². The highest BCUT2D eigenvalue weighted by Crippen LogP contribution is 2.29. The zero-order valence-corrected chi connectivity index (χ0v) is 11.4. The van der Waals surface area contributed by atoms with Crippen molar-refractivity contribution in [3.8, 4) is 5.75 Å². The Balaban J connectivity index is 2.47. The van der Waals surface area contributed by atoms with Crippen LogP contribution in [0.2, 0.25) is 0 Å². The molecule has 3 nitrogen and oxygen atoms in total. The van der Waals surface area contributed by atoms with Crippen LogP contribution in [-0.4, -0.2) is 18.6 Å². The summed E-state index contributed by atoms with van der Waals surface area (Å²) in [5, 5.41) is 3.20. The average Bonchev–Trinajstić information content (AvgIpc) is 2.46. The first-order valence-corrected chi connectivity index (χ1v) is 6.34. The molecule has 0 amide bonds. The van der Waals surface area contributed by atoms with Crippen molar-refractivity contribution >= 4 is 0 Å². The van der Waals surface area contributed by atoms with Crippen LogP contribution >= 0.6 is 0 Å². The second kappa shape index (κ2) is 6.43. The molecule has 1 aromatic carbocycles. The van der Waals surface area contributed by atoms with Gasteiger partial charge in [0, 0.05) is 5.56 Å². The molecule has 0 saturated heterocycles. The van der Waals surface area contributed by atoms with Crippen LogP contribution in [0, 0.1) is 11.6 Å². The lowest BCUT2D eigenvalue weighted by molar-refractivity contribution is 0.402. The van der Waals surface area contributed by atoms with Crippen molar-refractivity contribution in [1.29, 1.82) is 0 Å². The van der Waals surface area contributed by atoms with Crippen LogP contribution < -0.4 is 10.1 Å². The first-order chi connectivity index (χ1) is 9.65. The smallest absolute Gasteiger partial charge is 0.141 e. The summed E-state index contributed by atoms with van der Waals surface area (Å²) < 4.78 is 31.7. The molecule has 1 N–H and O–H groups in total.